The Morgan fingerprint density at radius 3 is 3.33 bits per heavy atom. The smallest absolute Gasteiger partial charge is 0.356 e. The molecule has 5 heteroatoms. The van der Waals surface area contributed by atoms with Crippen LogP contribution in [0.1, 0.15) is 22.7 Å². The summed E-state index contributed by atoms with van der Waals surface area (Å²) >= 11 is 0. The Balaban J connectivity index is 2.44. The summed E-state index contributed by atoms with van der Waals surface area (Å²) in [6.45, 7) is 0.809. The van der Waals surface area contributed by atoms with Gasteiger partial charge in [-0.15, -0.1) is 0 Å². The maximum atomic E-state index is 10.6. The van der Waals surface area contributed by atoms with E-state index in [9.17, 15) is 4.79 Å². The third-order valence-corrected chi connectivity index (χ3v) is 1.90. The predicted octanol–water partition coefficient (Wildman–Crippen LogP) is 0.0710. The zero-order valence-electron chi connectivity index (χ0n) is 6.45. The molecule has 5 nitrogen and oxygen atoms in total. The summed E-state index contributed by atoms with van der Waals surface area (Å²) in [5.41, 5.74) is 3.18. The van der Waals surface area contributed by atoms with Crippen LogP contribution in [-0.2, 0) is 6.42 Å². The Hall–Kier alpha value is -1.52. The van der Waals surface area contributed by atoms with Crippen LogP contribution in [0, 0.1) is 0 Å². The molecule has 0 bridgehead atoms. The van der Waals surface area contributed by atoms with Crippen LogP contribution in [0.2, 0.25) is 0 Å². The van der Waals surface area contributed by atoms with Gasteiger partial charge in [-0.25, -0.2) is 14.5 Å². The second-order valence-corrected chi connectivity index (χ2v) is 2.71. The Bertz CT molecular complexity index is 318. The van der Waals surface area contributed by atoms with Gasteiger partial charge in [-0.2, -0.15) is 0 Å². The van der Waals surface area contributed by atoms with Crippen molar-refractivity contribution in [1.82, 2.24) is 9.66 Å². The van der Waals surface area contributed by atoms with E-state index in [-0.39, 0.29) is 5.69 Å². The molecular weight excluding hydrogens is 158 g/mol. The van der Waals surface area contributed by atoms with Gasteiger partial charge in [-0.3, -0.25) is 0 Å². The van der Waals surface area contributed by atoms with E-state index in [0.717, 1.165) is 25.2 Å². The molecule has 2 heterocycles. The van der Waals surface area contributed by atoms with Crippen LogP contribution in [0.5, 0.6) is 0 Å². The zero-order chi connectivity index (χ0) is 8.55. The highest BCUT2D eigenvalue weighted by molar-refractivity contribution is 5.85. The van der Waals surface area contributed by atoms with Crippen molar-refractivity contribution in [2.24, 2.45) is 0 Å². The Morgan fingerprint density at radius 1 is 1.75 bits per heavy atom. The zero-order valence-corrected chi connectivity index (χ0v) is 6.45. The van der Waals surface area contributed by atoms with E-state index < -0.39 is 5.97 Å². The second kappa shape index (κ2) is 2.51. The number of carboxylic acids is 1. The molecule has 0 spiro atoms. The van der Waals surface area contributed by atoms with Gasteiger partial charge in [0.15, 0.2) is 5.69 Å². The van der Waals surface area contributed by atoms with Gasteiger partial charge in [0.05, 0.1) is 6.20 Å². The molecule has 0 radical (unpaired) electrons. The average Bonchev–Trinajstić information content (AvgIpc) is 2.47. The summed E-state index contributed by atoms with van der Waals surface area (Å²) < 4.78 is 1.55. The first-order valence-electron chi connectivity index (χ1n) is 3.83. The van der Waals surface area contributed by atoms with Crippen molar-refractivity contribution in [3.63, 3.8) is 0 Å². The minimum absolute atomic E-state index is 0.213. The Morgan fingerprint density at radius 2 is 2.58 bits per heavy atom. The van der Waals surface area contributed by atoms with Gasteiger partial charge in [0.2, 0.25) is 0 Å². The maximum absolute atomic E-state index is 10.6. The lowest BCUT2D eigenvalue weighted by molar-refractivity contribution is 0.0686. The molecule has 1 aliphatic heterocycles. The number of carbonyl (C=O) groups is 1. The molecule has 0 saturated carbocycles. The highest BCUT2D eigenvalue weighted by atomic mass is 16.4. The fourth-order valence-electron chi connectivity index (χ4n) is 1.33. The van der Waals surface area contributed by atoms with Crippen molar-refractivity contribution in [3.05, 3.63) is 17.7 Å². The van der Waals surface area contributed by atoms with Gasteiger partial charge in [0.1, 0.15) is 5.82 Å². The molecule has 0 aliphatic carbocycles. The van der Waals surface area contributed by atoms with Crippen molar-refractivity contribution < 1.29 is 9.90 Å². The molecule has 0 atom stereocenters. The summed E-state index contributed by atoms with van der Waals surface area (Å²) in [6.07, 6.45) is 3.24. The predicted molar refractivity (Wildman–Crippen MR) is 41.7 cm³/mol. The van der Waals surface area contributed by atoms with Crippen LogP contribution in [0.25, 0.3) is 0 Å². The molecule has 0 aromatic carbocycles. The van der Waals surface area contributed by atoms with Crippen molar-refractivity contribution in [2.75, 3.05) is 12.0 Å². The number of nitrogens with one attached hydrogen (secondary N) is 1. The number of fused-ring (bicyclic) bond motifs is 1. The topological polar surface area (TPSA) is 67.1 Å². The first-order chi connectivity index (χ1) is 5.79. The first kappa shape index (κ1) is 7.15. The highest BCUT2D eigenvalue weighted by Gasteiger charge is 2.17. The molecule has 1 aromatic heterocycles. The number of imidazole rings is 1. The molecule has 0 fully saturated rings. The lowest BCUT2D eigenvalue weighted by atomic mass is 10.3. The van der Waals surface area contributed by atoms with Crippen LogP contribution in [0.3, 0.4) is 0 Å². The number of hydrogen-bond donors (Lipinski definition) is 2. The standard InChI is InChI=1S/C7H9N3O2/c11-7(12)5-4-8-6-2-1-3-9-10(5)6/h4,9H,1-3H2,(H,11,12). The largest absolute Gasteiger partial charge is 0.476 e. The molecule has 1 aromatic rings. The number of aromatic carboxylic acids is 1. The number of carboxylic acid groups (broad SMARTS) is 1. The van der Waals surface area contributed by atoms with E-state index >= 15 is 0 Å². The fraction of sp³-hybridized carbons (Fsp3) is 0.429. The SMILES string of the molecule is O=C(O)c1cnc2n1NCCC2. The molecule has 2 rings (SSSR count). The number of nitrogens with zero attached hydrogens (tertiary/aromatic N) is 2. The van der Waals surface area contributed by atoms with Gasteiger partial charge < -0.3 is 10.5 Å². The minimum Gasteiger partial charge on any atom is -0.476 e. The van der Waals surface area contributed by atoms with Crippen molar-refractivity contribution in [1.29, 1.82) is 0 Å². The van der Waals surface area contributed by atoms with E-state index in [1.54, 1.807) is 4.68 Å². The first-order valence-corrected chi connectivity index (χ1v) is 3.83. The van der Waals surface area contributed by atoms with Gasteiger partial charge in [0.25, 0.3) is 0 Å². The van der Waals surface area contributed by atoms with Crippen LogP contribution >= 0.6 is 0 Å². The van der Waals surface area contributed by atoms with Crippen LogP contribution < -0.4 is 5.43 Å². The Kier molecular flexibility index (Phi) is 1.49. The summed E-state index contributed by atoms with van der Waals surface area (Å²) in [6, 6.07) is 0. The number of aryl methyl sites for hydroxylation is 1. The molecule has 0 amide bonds. The second-order valence-electron chi connectivity index (χ2n) is 2.71. The molecule has 64 valence electrons. The fourth-order valence-corrected chi connectivity index (χ4v) is 1.33. The van der Waals surface area contributed by atoms with Gasteiger partial charge in [0, 0.05) is 13.0 Å². The average molecular weight is 167 g/mol. The molecular formula is C7H9N3O2. The van der Waals surface area contributed by atoms with Crippen LogP contribution in [-0.4, -0.2) is 27.3 Å². The van der Waals surface area contributed by atoms with Crippen LogP contribution in [0.4, 0.5) is 0 Å². The monoisotopic (exact) mass is 167 g/mol. The third kappa shape index (κ3) is 0.939. The van der Waals surface area contributed by atoms with Gasteiger partial charge >= 0.3 is 5.97 Å². The Labute approximate surface area is 69.0 Å². The van der Waals surface area contributed by atoms with E-state index in [4.69, 9.17) is 5.11 Å². The summed E-state index contributed by atoms with van der Waals surface area (Å²) in [5.74, 6) is -0.137. The lowest BCUT2D eigenvalue weighted by Gasteiger charge is -2.16. The molecule has 0 unspecified atom stereocenters. The van der Waals surface area contributed by atoms with E-state index in [1.807, 2.05) is 0 Å². The van der Waals surface area contributed by atoms with Crippen molar-refractivity contribution in [3.8, 4) is 0 Å². The van der Waals surface area contributed by atoms with E-state index in [1.165, 1.54) is 6.20 Å². The summed E-state index contributed by atoms with van der Waals surface area (Å²) in [4.78, 5) is 14.6. The normalized spacial score (nSPS) is 15.0. The number of hydrogen-bond acceptors (Lipinski definition) is 3. The van der Waals surface area contributed by atoms with E-state index in [2.05, 4.69) is 10.4 Å². The van der Waals surface area contributed by atoms with Crippen molar-refractivity contribution >= 4 is 5.97 Å². The molecule has 0 saturated heterocycles. The number of rotatable bonds is 1. The van der Waals surface area contributed by atoms with Crippen molar-refractivity contribution in [2.45, 2.75) is 12.8 Å². The quantitative estimate of drug-likeness (QED) is 0.621. The third-order valence-electron chi connectivity index (χ3n) is 1.90. The van der Waals surface area contributed by atoms with Gasteiger partial charge in [-0.05, 0) is 6.42 Å². The molecule has 2 N–H and O–H groups in total. The molecule has 1 aliphatic rings. The van der Waals surface area contributed by atoms with E-state index in [0.29, 0.717) is 0 Å². The van der Waals surface area contributed by atoms with Crippen LogP contribution in [0.15, 0.2) is 6.20 Å². The lowest BCUT2D eigenvalue weighted by Crippen LogP contribution is -2.27. The summed E-state index contributed by atoms with van der Waals surface area (Å²) in [5, 5.41) is 8.73. The number of aromatic nitrogens is 2. The maximum Gasteiger partial charge on any atom is 0.356 e. The van der Waals surface area contributed by atoms with Gasteiger partial charge in [-0.1, -0.05) is 0 Å². The highest BCUT2D eigenvalue weighted by Crippen LogP contribution is 2.09. The minimum atomic E-state index is -0.942. The molecule has 12 heavy (non-hydrogen) atoms. The summed E-state index contributed by atoms with van der Waals surface area (Å²) in [7, 11) is 0.